The predicted octanol–water partition coefficient (Wildman–Crippen LogP) is 7.43. The molecule has 6 aromatic rings. The first-order valence-electron chi connectivity index (χ1n) is 17.5. The summed E-state index contributed by atoms with van der Waals surface area (Å²) >= 11 is 3.03. The molecular weight excluding hydrogens is 721 g/mol. The first-order chi connectivity index (χ1) is 26.3. The van der Waals surface area contributed by atoms with Gasteiger partial charge in [-0.2, -0.15) is 0 Å². The van der Waals surface area contributed by atoms with Crippen molar-refractivity contribution < 1.29 is 19.1 Å². The van der Waals surface area contributed by atoms with Gasteiger partial charge in [0.2, 0.25) is 5.95 Å². The Hall–Kier alpha value is -5.96. The van der Waals surface area contributed by atoms with E-state index in [1.165, 1.54) is 23.7 Å². The second-order valence-electron chi connectivity index (χ2n) is 12.6. The van der Waals surface area contributed by atoms with Crippen molar-refractivity contribution in [3.05, 3.63) is 119 Å². The summed E-state index contributed by atoms with van der Waals surface area (Å²) in [5.74, 6) is 0.332. The molecule has 0 saturated carbocycles. The van der Waals surface area contributed by atoms with Crippen molar-refractivity contribution in [3.63, 3.8) is 0 Å². The summed E-state index contributed by atoms with van der Waals surface area (Å²) < 4.78 is 5.80. The van der Waals surface area contributed by atoms with E-state index in [-0.39, 0.29) is 29.9 Å². The fourth-order valence-corrected chi connectivity index (χ4v) is 7.58. The smallest absolute Gasteiger partial charge is 0.265 e. The standard InChI is InChI=1S/C40H38N8O4S2/c1-3-47-16-18-48(19-17-47)37(49)25-52-31-10-7-27(8-11-31)32-14-15-42-40(45-32)46-33-22-29(9-6-26(33)2)43-38(50)28-21-30(24-41-23-28)44-39(51)36-13-12-35(54-36)34-5-4-20-53-34/h4-15,20-24H,3,16-19,25H2,1-2H3,(H,43,50)(H,44,51)(H,42,45,46). The average Bonchev–Trinajstić information content (AvgIpc) is 3.93. The topological polar surface area (TPSA) is 142 Å². The molecule has 1 aliphatic rings. The van der Waals surface area contributed by atoms with Crippen LogP contribution < -0.4 is 20.7 Å². The number of piperazine rings is 1. The molecule has 0 spiro atoms. The molecule has 0 atom stereocenters. The number of nitrogens with zero attached hydrogens (tertiary/aromatic N) is 5. The third-order valence-corrected chi connectivity index (χ3v) is 11.1. The highest BCUT2D eigenvalue weighted by molar-refractivity contribution is 7.22. The molecule has 7 rings (SSSR count). The van der Waals surface area contributed by atoms with Gasteiger partial charge in [-0.05, 0) is 91.1 Å². The van der Waals surface area contributed by atoms with Gasteiger partial charge in [-0.15, -0.1) is 22.7 Å². The predicted molar refractivity (Wildman–Crippen MR) is 214 cm³/mol. The van der Waals surface area contributed by atoms with Crippen LogP contribution in [-0.2, 0) is 4.79 Å². The van der Waals surface area contributed by atoms with Crippen LogP contribution >= 0.6 is 22.7 Å². The molecule has 2 aromatic carbocycles. The molecule has 12 nitrogen and oxygen atoms in total. The fourth-order valence-electron chi connectivity index (χ4n) is 5.85. The van der Waals surface area contributed by atoms with Gasteiger partial charge in [-0.1, -0.05) is 19.1 Å². The number of likely N-dealkylation sites (N-methyl/N-ethyl adjacent to an activating group) is 1. The molecule has 0 bridgehead atoms. The van der Waals surface area contributed by atoms with Crippen LogP contribution in [0.1, 0.15) is 32.5 Å². The minimum absolute atomic E-state index is 0.000886. The lowest BCUT2D eigenvalue weighted by Crippen LogP contribution is -2.49. The van der Waals surface area contributed by atoms with Gasteiger partial charge in [0, 0.05) is 65.3 Å². The zero-order chi connectivity index (χ0) is 37.4. The molecule has 274 valence electrons. The first-order valence-corrected chi connectivity index (χ1v) is 19.2. The summed E-state index contributed by atoms with van der Waals surface area (Å²) in [5.41, 5.74) is 4.45. The van der Waals surface area contributed by atoms with Crippen molar-refractivity contribution in [2.75, 3.05) is 55.3 Å². The summed E-state index contributed by atoms with van der Waals surface area (Å²) in [4.78, 5) is 59.0. The van der Waals surface area contributed by atoms with Gasteiger partial charge in [0.05, 0.1) is 28.0 Å². The number of thiophene rings is 2. The van der Waals surface area contributed by atoms with Gasteiger partial charge in [0.25, 0.3) is 17.7 Å². The Morgan fingerprint density at radius 1 is 0.852 bits per heavy atom. The van der Waals surface area contributed by atoms with Crippen LogP contribution in [0.5, 0.6) is 5.75 Å². The second-order valence-corrected chi connectivity index (χ2v) is 14.6. The van der Waals surface area contributed by atoms with E-state index in [0.717, 1.165) is 53.6 Å². The number of hydrogen-bond acceptors (Lipinski definition) is 11. The Kier molecular flexibility index (Phi) is 11.3. The van der Waals surface area contributed by atoms with E-state index in [0.29, 0.717) is 39.3 Å². The Labute approximate surface area is 320 Å². The highest BCUT2D eigenvalue weighted by Gasteiger charge is 2.20. The Balaban J connectivity index is 0.949. The molecule has 3 amide bonds. The van der Waals surface area contributed by atoms with E-state index >= 15 is 0 Å². The van der Waals surface area contributed by atoms with E-state index in [9.17, 15) is 14.4 Å². The number of carbonyl (C=O) groups excluding carboxylic acids is 3. The molecule has 1 aliphatic heterocycles. The molecule has 54 heavy (non-hydrogen) atoms. The summed E-state index contributed by atoms with van der Waals surface area (Å²) in [6, 6.07) is 24.1. The average molecular weight is 759 g/mol. The van der Waals surface area contributed by atoms with E-state index in [1.807, 2.05) is 71.8 Å². The molecule has 1 fully saturated rings. The van der Waals surface area contributed by atoms with Crippen molar-refractivity contribution in [3.8, 4) is 26.8 Å². The highest BCUT2D eigenvalue weighted by Crippen LogP contribution is 2.32. The lowest BCUT2D eigenvalue weighted by molar-refractivity contribution is -0.135. The fraction of sp³-hybridized carbons (Fsp3) is 0.200. The van der Waals surface area contributed by atoms with Crippen molar-refractivity contribution in [1.29, 1.82) is 0 Å². The van der Waals surface area contributed by atoms with E-state index in [2.05, 4.69) is 37.7 Å². The number of nitrogens with one attached hydrogen (secondary N) is 3. The van der Waals surface area contributed by atoms with Crippen molar-refractivity contribution in [1.82, 2.24) is 24.8 Å². The van der Waals surface area contributed by atoms with Crippen molar-refractivity contribution in [2.24, 2.45) is 0 Å². The van der Waals surface area contributed by atoms with Crippen LogP contribution in [0.25, 0.3) is 21.0 Å². The molecule has 0 aliphatic carbocycles. The van der Waals surface area contributed by atoms with Gasteiger partial charge < -0.3 is 30.5 Å². The Morgan fingerprint density at radius 3 is 2.44 bits per heavy atom. The molecule has 1 saturated heterocycles. The summed E-state index contributed by atoms with van der Waals surface area (Å²) in [6.07, 6.45) is 4.63. The lowest BCUT2D eigenvalue weighted by Gasteiger charge is -2.33. The van der Waals surface area contributed by atoms with Gasteiger partial charge in [-0.3, -0.25) is 19.4 Å². The molecule has 0 unspecified atom stereocenters. The number of pyridine rings is 1. The Bertz CT molecular complexity index is 2250. The lowest BCUT2D eigenvalue weighted by atomic mass is 10.1. The van der Waals surface area contributed by atoms with Crippen molar-refractivity contribution in [2.45, 2.75) is 13.8 Å². The number of aromatic nitrogens is 3. The number of carbonyl (C=O) groups is 3. The molecule has 3 N–H and O–H groups in total. The quantitative estimate of drug-likeness (QED) is 0.116. The van der Waals surface area contributed by atoms with Crippen molar-refractivity contribution >= 4 is 63.4 Å². The van der Waals surface area contributed by atoms with Gasteiger partial charge >= 0.3 is 0 Å². The first kappa shape index (κ1) is 36.4. The van der Waals surface area contributed by atoms with Crippen LogP contribution in [-0.4, -0.2) is 81.8 Å². The maximum absolute atomic E-state index is 13.3. The second kappa shape index (κ2) is 16.8. The normalized spacial score (nSPS) is 13.0. The molecule has 5 heterocycles. The number of hydrogen-bond donors (Lipinski definition) is 3. The number of aryl methyl sites for hydroxylation is 1. The summed E-state index contributed by atoms with van der Waals surface area (Å²) in [5, 5.41) is 11.0. The Morgan fingerprint density at radius 2 is 1.67 bits per heavy atom. The van der Waals surface area contributed by atoms with Gasteiger partial charge in [0.1, 0.15) is 5.75 Å². The molecule has 14 heteroatoms. The minimum Gasteiger partial charge on any atom is -0.484 e. The highest BCUT2D eigenvalue weighted by atomic mass is 32.1. The monoisotopic (exact) mass is 758 g/mol. The summed E-state index contributed by atoms with van der Waals surface area (Å²) in [6.45, 7) is 8.29. The van der Waals surface area contributed by atoms with E-state index in [4.69, 9.17) is 9.72 Å². The molecular formula is C40H38N8O4S2. The largest absolute Gasteiger partial charge is 0.484 e. The maximum atomic E-state index is 13.3. The molecule has 0 radical (unpaired) electrons. The van der Waals surface area contributed by atoms with Crippen LogP contribution in [0.3, 0.4) is 0 Å². The number of benzene rings is 2. The van der Waals surface area contributed by atoms with Crippen LogP contribution in [0.4, 0.5) is 23.0 Å². The minimum atomic E-state index is -0.380. The zero-order valence-electron chi connectivity index (χ0n) is 29.7. The number of rotatable bonds is 12. The third kappa shape index (κ3) is 8.97. The number of amides is 3. The van der Waals surface area contributed by atoms with Crippen LogP contribution in [0.2, 0.25) is 0 Å². The SMILES string of the molecule is CCN1CCN(C(=O)COc2ccc(-c3ccnc(Nc4cc(NC(=O)c5cncc(NC(=O)c6ccc(-c7cccs7)s6)c5)ccc4C)n3)cc2)CC1. The number of ether oxygens (including phenoxy) is 1. The maximum Gasteiger partial charge on any atom is 0.265 e. The van der Waals surface area contributed by atoms with E-state index in [1.54, 1.807) is 41.8 Å². The van der Waals surface area contributed by atoms with Gasteiger partial charge in [-0.25, -0.2) is 9.97 Å². The van der Waals surface area contributed by atoms with Crippen LogP contribution in [0.15, 0.2) is 103 Å². The zero-order valence-corrected chi connectivity index (χ0v) is 31.4. The van der Waals surface area contributed by atoms with Crippen LogP contribution in [0, 0.1) is 6.92 Å². The summed E-state index contributed by atoms with van der Waals surface area (Å²) in [7, 11) is 0. The number of anilines is 4. The van der Waals surface area contributed by atoms with Gasteiger partial charge in [0.15, 0.2) is 6.61 Å². The molecule has 4 aromatic heterocycles. The third-order valence-electron chi connectivity index (χ3n) is 8.93. The van der Waals surface area contributed by atoms with E-state index < -0.39 is 0 Å².